The summed E-state index contributed by atoms with van der Waals surface area (Å²) < 4.78 is 18.2. The molecule has 0 aliphatic heterocycles. The van der Waals surface area contributed by atoms with Crippen LogP contribution in [0.25, 0.3) is 11.6 Å². The van der Waals surface area contributed by atoms with Crippen LogP contribution in [-0.2, 0) is 11.3 Å². The van der Waals surface area contributed by atoms with Crippen molar-refractivity contribution in [1.29, 1.82) is 0 Å². The summed E-state index contributed by atoms with van der Waals surface area (Å²) in [5.41, 5.74) is 0.706. The highest BCUT2D eigenvalue weighted by molar-refractivity contribution is 7.99. The van der Waals surface area contributed by atoms with E-state index < -0.39 is 0 Å². The molecule has 4 aromatic rings. The van der Waals surface area contributed by atoms with Gasteiger partial charge in [0.2, 0.25) is 11.7 Å². The average Bonchev–Trinajstić information content (AvgIpc) is 3.51. The molecule has 0 fully saturated rings. The van der Waals surface area contributed by atoms with Crippen LogP contribution in [0.5, 0.6) is 5.75 Å². The number of nitrogens with zero attached hydrogens (tertiary/aromatic N) is 3. The second-order valence-electron chi connectivity index (χ2n) is 6.24. The number of rotatable bonds is 9. The van der Waals surface area contributed by atoms with Crippen LogP contribution >= 0.6 is 11.8 Å². The number of carbonyl (C=O) groups excluding carboxylic acids is 1. The van der Waals surface area contributed by atoms with Crippen LogP contribution < -0.4 is 10.1 Å². The van der Waals surface area contributed by atoms with Crippen molar-refractivity contribution >= 4 is 23.4 Å². The van der Waals surface area contributed by atoms with Crippen LogP contribution in [0.15, 0.2) is 75.0 Å². The van der Waals surface area contributed by atoms with E-state index in [0.717, 1.165) is 11.5 Å². The Hall–Kier alpha value is -3.46. The SMILES string of the molecule is CCOc1ccc(NC(=O)CSc2nnc(-c3ccco3)n2Cc2ccco2)cc1. The van der Waals surface area contributed by atoms with E-state index in [9.17, 15) is 4.79 Å². The Kier molecular flexibility index (Phi) is 6.19. The van der Waals surface area contributed by atoms with Gasteiger partial charge in [-0.1, -0.05) is 11.8 Å². The summed E-state index contributed by atoms with van der Waals surface area (Å²) in [4.78, 5) is 12.4. The fourth-order valence-corrected chi connectivity index (χ4v) is 3.55. The lowest BCUT2D eigenvalue weighted by atomic mass is 10.3. The van der Waals surface area contributed by atoms with Crippen LogP contribution in [0, 0.1) is 0 Å². The number of ether oxygens (including phenoxy) is 1. The largest absolute Gasteiger partial charge is 0.494 e. The quantitative estimate of drug-likeness (QED) is 0.400. The van der Waals surface area contributed by atoms with Gasteiger partial charge in [-0.25, -0.2) is 0 Å². The number of carbonyl (C=O) groups is 1. The molecule has 1 aromatic carbocycles. The Morgan fingerprint density at radius 3 is 2.60 bits per heavy atom. The van der Waals surface area contributed by atoms with Gasteiger partial charge >= 0.3 is 0 Å². The summed E-state index contributed by atoms with van der Waals surface area (Å²) >= 11 is 1.29. The van der Waals surface area contributed by atoms with Gasteiger partial charge in [0.15, 0.2) is 10.9 Å². The minimum Gasteiger partial charge on any atom is -0.494 e. The number of thioether (sulfide) groups is 1. The topological polar surface area (TPSA) is 95.3 Å². The molecule has 0 spiro atoms. The molecule has 8 nitrogen and oxygen atoms in total. The fourth-order valence-electron chi connectivity index (χ4n) is 2.81. The van der Waals surface area contributed by atoms with E-state index in [1.807, 2.05) is 54.0 Å². The van der Waals surface area contributed by atoms with Crippen molar-refractivity contribution in [3.8, 4) is 17.3 Å². The zero-order valence-corrected chi connectivity index (χ0v) is 17.1. The van der Waals surface area contributed by atoms with Crippen LogP contribution in [0.3, 0.4) is 0 Å². The molecule has 0 saturated carbocycles. The lowest BCUT2D eigenvalue weighted by molar-refractivity contribution is -0.113. The number of aromatic nitrogens is 3. The molecule has 0 bridgehead atoms. The Labute approximate surface area is 177 Å². The molecule has 154 valence electrons. The lowest BCUT2D eigenvalue weighted by Crippen LogP contribution is -2.14. The first kappa shape index (κ1) is 19.8. The van der Waals surface area contributed by atoms with E-state index in [1.165, 1.54) is 11.8 Å². The fraction of sp³-hybridized carbons (Fsp3) is 0.190. The van der Waals surface area contributed by atoms with Crippen molar-refractivity contribution in [2.24, 2.45) is 0 Å². The maximum atomic E-state index is 12.4. The van der Waals surface area contributed by atoms with E-state index in [2.05, 4.69) is 15.5 Å². The van der Waals surface area contributed by atoms with Crippen molar-refractivity contribution in [3.05, 3.63) is 66.8 Å². The molecule has 3 aromatic heterocycles. The first-order valence-electron chi connectivity index (χ1n) is 9.38. The second kappa shape index (κ2) is 9.36. The number of nitrogens with one attached hydrogen (secondary N) is 1. The average molecular weight is 424 g/mol. The number of hydrogen-bond donors (Lipinski definition) is 1. The van der Waals surface area contributed by atoms with Crippen LogP contribution in [0.4, 0.5) is 5.69 Å². The highest BCUT2D eigenvalue weighted by Gasteiger charge is 2.18. The van der Waals surface area contributed by atoms with Gasteiger partial charge in [-0.05, 0) is 55.5 Å². The summed E-state index contributed by atoms with van der Waals surface area (Å²) in [6.07, 6.45) is 3.20. The lowest BCUT2D eigenvalue weighted by Gasteiger charge is -2.08. The van der Waals surface area contributed by atoms with E-state index in [4.69, 9.17) is 13.6 Å². The van der Waals surface area contributed by atoms with Crippen molar-refractivity contribution < 1.29 is 18.4 Å². The highest BCUT2D eigenvalue weighted by atomic mass is 32.2. The molecule has 0 aliphatic carbocycles. The van der Waals surface area contributed by atoms with Crippen molar-refractivity contribution in [2.75, 3.05) is 17.7 Å². The number of anilines is 1. The second-order valence-corrected chi connectivity index (χ2v) is 7.19. The van der Waals surface area contributed by atoms with E-state index in [1.54, 1.807) is 18.6 Å². The van der Waals surface area contributed by atoms with Gasteiger partial charge < -0.3 is 18.9 Å². The predicted octanol–water partition coefficient (Wildman–Crippen LogP) is 4.31. The Balaban J connectivity index is 1.44. The van der Waals surface area contributed by atoms with Crippen molar-refractivity contribution in [2.45, 2.75) is 18.6 Å². The molecular weight excluding hydrogens is 404 g/mol. The Morgan fingerprint density at radius 2 is 1.90 bits per heavy atom. The molecule has 0 unspecified atom stereocenters. The summed E-state index contributed by atoms with van der Waals surface area (Å²) in [6.45, 7) is 2.95. The standard InChI is InChI=1S/C21H20N4O4S/c1-2-27-16-9-7-15(8-10-16)22-19(26)14-30-21-24-23-20(18-6-4-12-29-18)25(21)13-17-5-3-11-28-17/h3-12H,2,13-14H2,1H3,(H,22,26). The van der Waals surface area contributed by atoms with Gasteiger partial charge in [-0.15, -0.1) is 10.2 Å². The van der Waals surface area contributed by atoms with Gasteiger partial charge in [-0.2, -0.15) is 0 Å². The van der Waals surface area contributed by atoms with Crippen LogP contribution in [-0.4, -0.2) is 33.0 Å². The molecule has 30 heavy (non-hydrogen) atoms. The van der Waals surface area contributed by atoms with E-state index >= 15 is 0 Å². The molecule has 3 heterocycles. The third kappa shape index (κ3) is 4.74. The molecule has 0 aliphatic rings. The van der Waals surface area contributed by atoms with Crippen molar-refractivity contribution in [1.82, 2.24) is 14.8 Å². The zero-order chi connectivity index (χ0) is 20.8. The van der Waals surface area contributed by atoms with Gasteiger partial charge in [0.05, 0.1) is 31.4 Å². The maximum absolute atomic E-state index is 12.4. The number of furan rings is 2. The van der Waals surface area contributed by atoms with E-state index in [-0.39, 0.29) is 11.7 Å². The minimum atomic E-state index is -0.142. The highest BCUT2D eigenvalue weighted by Crippen LogP contribution is 2.26. The molecule has 1 amide bonds. The molecule has 4 rings (SSSR count). The minimum absolute atomic E-state index is 0.142. The molecule has 0 radical (unpaired) electrons. The summed E-state index contributed by atoms with van der Waals surface area (Å²) in [6, 6.07) is 14.6. The van der Waals surface area contributed by atoms with E-state index in [0.29, 0.717) is 35.6 Å². The zero-order valence-electron chi connectivity index (χ0n) is 16.3. The Morgan fingerprint density at radius 1 is 1.10 bits per heavy atom. The molecule has 0 atom stereocenters. The first-order valence-corrected chi connectivity index (χ1v) is 10.4. The summed E-state index contributed by atoms with van der Waals surface area (Å²) in [7, 11) is 0. The third-order valence-corrected chi connectivity index (χ3v) is 5.10. The van der Waals surface area contributed by atoms with Crippen molar-refractivity contribution in [3.63, 3.8) is 0 Å². The summed E-state index contributed by atoms with van der Waals surface area (Å²) in [5, 5.41) is 11.9. The van der Waals surface area contributed by atoms with Crippen LogP contribution in [0.2, 0.25) is 0 Å². The number of hydrogen-bond acceptors (Lipinski definition) is 7. The predicted molar refractivity (Wildman–Crippen MR) is 112 cm³/mol. The molecule has 0 saturated heterocycles. The number of benzene rings is 1. The molecular formula is C21H20N4O4S. The Bertz CT molecular complexity index is 1070. The monoisotopic (exact) mass is 424 g/mol. The van der Waals surface area contributed by atoms with Gasteiger partial charge in [-0.3, -0.25) is 9.36 Å². The number of amides is 1. The first-order chi connectivity index (χ1) is 14.7. The smallest absolute Gasteiger partial charge is 0.234 e. The molecule has 9 heteroatoms. The van der Waals surface area contributed by atoms with Gasteiger partial charge in [0.25, 0.3) is 0 Å². The van der Waals surface area contributed by atoms with Gasteiger partial charge in [0, 0.05) is 5.69 Å². The normalized spacial score (nSPS) is 10.8. The maximum Gasteiger partial charge on any atom is 0.234 e. The molecule has 1 N–H and O–H groups in total. The van der Waals surface area contributed by atoms with Crippen LogP contribution in [0.1, 0.15) is 12.7 Å². The van der Waals surface area contributed by atoms with Gasteiger partial charge in [0.1, 0.15) is 11.5 Å². The third-order valence-electron chi connectivity index (χ3n) is 4.13. The summed E-state index contributed by atoms with van der Waals surface area (Å²) in [5.74, 6) is 2.73.